The van der Waals surface area contributed by atoms with Crippen LogP contribution < -0.4 is 5.73 Å². The summed E-state index contributed by atoms with van der Waals surface area (Å²) in [6.07, 6.45) is 6.29. The van der Waals surface area contributed by atoms with E-state index >= 15 is 0 Å². The number of aliphatic hydroxyl groups is 1. The Hall–Kier alpha value is -0.870. The van der Waals surface area contributed by atoms with E-state index in [1.165, 1.54) is 12.8 Å². The van der Waals surface area contributed by atoms with Crippen molar-refractivity contribution in [3.8, 4) is 0 Å². The second-order valence-electron chi connectivity index (χ2n) is 3.80. The predicted molar refractivity (Wildman–Crippen MR) is 48.9 cm³/mol. The van der Waals surface area contributed by atoms with Crippen LogP contribution in [-0.4, -0.2) is 21.4 Å². The van der Waals surface area contributed by atoms with Crippen LogP contribution in [0.2, 0.25) is 0 Å². The highest BCUT2D eigenvalue weighted by Gasteiger charge is 2.28. The standard InChI is InChI=1S/C9H15N3O/c10-9(7-4-11-12-5-7)8(13)3-6-1-2-6/h4-6,8-9,13H,1-3,10H2,(H,11,12). The van der Waals surface area contributed by atoms with Gasteiger partial charge in [0.15, 0.2) is 0 Å². The SMILES string of the molecule is NC(c1cn[nH]c1)C(O)CC1CC1. The molecule has 2 atom stereocenters. The number of nitrogens with zero attached hydrogens (tertiary/aromatic N) is 1. The number of aliphatic hydroxyl groups excluding tert-OH is 1. The van der Waals surface area contributed by atoms with Crippen molar-refractivity contribution in [2.75, 3.05) is 0 Å². The van der Waals surface area contributed by atoms with Crippen LogP contribution in [0.1, 0.15) is 30.9 Å². The summed E-state index contributed by atoms with van der Waals surface area (Å²) in [7, 11) is 0. The monoisotopic (exact) mass is 181 g/mol. The molecule has 0 amide bonds. The van der Waals surface area contributed by atoms with Gasteiger partial charge in [-0.2, -0.15) is 5.10 Å². The van der Waals surface area contributed by atoms with E-state index in [-0.39, 0.29) is 6.04 Å². The van der Waals surface area contributed by atoms with Gasteiger partial charge in [0.2, 0.25) is 0 Å². The van der Waals surface area contributed by atoms with E-state index in [0.717, 1.165) is 12.0 Å². The van der Waals surface area contributed by atoms with Crippen molar-refractivity contribution in [3.05, 3.63) is 18.0 Å². The second-order valence-corrected chi connectivity index (χ2v) is 3.80. The zero-order valence-electron chi connectivity index (χ0n) is 7.48. The Kier molecular flexibility index (Phi) is 2.33. The molecule has 0 saturated heterocycles. The largest absolute Gasteiger partial charge is 0.391 e. The maximum Gasteiger partial charge on any atom is 0.0736 e. The highest BCUT2D eigenvalue weighted by molar-refractivity contribution is 5.10. The number of H-pyrrole nitrogens is 1. The molecule has 1 aliphatic rings. The van der Waals surface area contributed by atoms with Gasteiger partial charge in [-0.25, -0.2) is 0 Å². The summed E-state index contributed by atoms with van der Waals surface area (Å²) in [6.45, 7) is 0. The predicted octanol–water partition coefficient (Wildman–Crippen LogP) is 0.570. The second kappa shape index (κ2) is 3.47. The number of rotatable bonds is 4. The van der Waals surface area contributed by atoms with Crippen molar-refractivity contribution in [2.45, 2.75) is 31.4 Å². The van der Waals surface area contributed by atoms with Crippen molar-refractivity contribution in [1.29, 1.82) is 0 Å². The third-order valence-corrected chi connectivity index (χ3v) is 2.59. The van der Waals surface area contributed by atoms with Gasteiger partial charge < -0.3 is 10.8 Å². The zero-order chi connectivity index (χ0) is 9.26. The lowest BCUT2D eigenvalue weighted by Crippen LogP contribution is -2.26. The van der Waals surface area contributed by atoms with E-state index in [1.54, 1.807) is 12.4 Å². The first kappa shape index (κ1) is 8.72. The van der Waals surface area contributed by atoms with Gasteiger partial charge in [-0.3, -0.25) is 5.10 Å². The molecule has 0 bridgehead atoms. The Morgan fingerprint density at radius 3 is 3.00 bits per heavy atom. The quantitative estimate of drug-likeness (QED) is 0.635. The first-order valence-corrected chi connectivity index (χ1v) is 4.69. The number of hydrogen-bond acceptors (Lipinski definition) is 3. The molecule has 1 aromatic heterocycles. The van der Waals surface area contributed by atoms with Crippen molar-refractivity contribution in [3.63, 3.8) is 0 Å². The molecule has 4 N–H and O–H groups in total. The first-order valence-electron chi connectivity index (χ1n) is 4.69. The molecule has 1 aliphatic carbocycles. The van der Waals surface area contributed by atoms with Gasteiger partial charge in [-0.1, -0.05) is 12.8 Å². The van der Waals surface area contributed by atoms with Gasteiger partial charge >= 0.3 is 0 Å². The Balaban J connectivity index is 1.91. The van der Waals surface area contributed by atoms with Crippen LogP contribution in [0.25, 0.3) is 0 Å². The average Bonchev–Trinajstić information content (AvgIpc) is 2.78. The lowest BCUT2D eigenvalue weighted by molar-refractivity contribution is 0.129. The van der Waals surface area contributed by atoms with Crippen molar-refractivity contribution < 1.29 is 5.11 Å². The Morgan fingerprint density at radius 1 is 1.69 bits per heavy atom. The maximum absolute atomic E-state index is 9.73. The fourth-order valence-electron chi connectivity index (χ4n) is 1.51. The van der Waals surface area contributed by atoms with Gasteiger partial charge in [-0.05, 0) is 12.3 Å². The molecule has 0 radical (unpaired) electrons. The van der Waals surface area contributed by atoms with E-state index in [1.807, 2.05) is 0 Å². The summed E-state index contributed by atoms with van der Waals surface area (Å²) in [4.78, 5) is 0. The third kappa shape index (κ3) is 2.08. The van der Waals surface area contributed by atoms with E-state index < -0.39 is 6.10 Å². The Morgan fingerprint density at radius 2 is 2.46 bits per heavy atom. The smallest absolute Gasteiger partial charge is 0.0736 e. The molecule has 2 unspecified atom stereocenters. The molecule has 0 spiro atoms. The normalized spacial score (nSPS) is 21.4. The zero-order valence-corrected chi connectivity index (χ0v) is 7.48. The number of nitrogens with one attached hydrogen (secondary N) is 1. The fraction of sp³-hybridized carbons (Fsp3) is 0.667. The molecule has 1 fully saturated rings. The van der Waals surface area contributed by atoms with E-state index in [0.29, 0.717) is 5.92 Å². The summed E-state index contributed by atoms with van der Waals surface area (Å²) in [5, 5.41) is 16.2. The van der Waals surface area contributed by atoms with Gasteiger partial charge in [0, 0.05) is 11.8 Å². The molecular weight excluding hydrogens is 166 g/mol. The summed E-state index contributed by atoms with van der Waals surface area (Å²) < 4.78 is 0. The van der Waals surface area contributed by atoms with Crippen LogP contribution >= 0.6 is 0 Å². The average molecular weight is 181 g/mol. The van der Waals surface area contributed by atoms with Gasteiger partial charge in [0.05, 0.1) is 18.3 Å². The van der Waals surface area contributed by atoms with Crippen LogP contribution in [0.15, 0.2) is 12.4 Å². The van der Waals surface area contributed by atoms with E-state index in [9.17, 15) is 5.11 Å². The molecule has 0 aromatic carbocycles. The van der Waals surface area contributed by atoms with Crippen molar-refractivity contribution in [2.24, 2.45) is 11.7 Å². The minimum atomic E-state index is -0.426. The van der Waals surface area contributed by atoms with Crippen LogP contribution in [0.4, 0.5) is 0 Å². The molecule has 4 nitrogen and oxygen atoms in total. The molecule has 1 heterocycles. The first-order chi connectivity index (χ1) is 6.27. The molecule has 1 saturated carbocycles. The topological polar surface area (TPSA) is 74.9 Å². The third-order valence-electron chi connectivity index (χ3n) is 2.59. The van der Waals surface area contributed by atoms with E-state index in [4.69, 9.17) is 5.73 Å². The maximum atomic E-state index is 9.73. The highest BCUT2D eigenvalue weighted by atomic mass is 16.3. The number of aromatic nitrogens is 2. The molecule has 0 aliphatic heterocycles. The van der Waals surface area contributed by atoms with Gasteiger partial charge in [0.1, 0.15) is 0 Å². The van der Waals surface area contributed by atoms with Crippen LogP contribution in [0, 0.1) is 5.92 Å². The number of aromatic amines is 1. The summed E-state index contributed by atoms with van der Waals surface area (Å²) in [5.41, 5.74) is 6.73. The highest BCUT2D eigenvalue weighted by Crippen LogP contribution is 2.35. The minimum Gasteiger partial charge on any atom is -0.391 e. The molecule has 2 rings (SSSR count). The molecule has 1 aromatic rings. The number of hydrogen-bond donors (Lipinski definition) is 3. The molecular formula is C9H15N3O. The lowest BCUT2D eigenvalue weighted by Gasteiger charge is -2.16. The Bertz CT molecular complexity index is 256. The Labute approximate surface area is 77.1 Å². The van der Waals surface area contributed by atoms with Crippen molar-refractivity contribution >= 4 is 0 Å². The number of nitrogens with two attached hydrogens (primary N) is 1. The summed E-state index contributed by atoms with van der Waals surface area (Å²) in [6, 6.07) is -0.292. The van der Waals surface area contributed by atoms with Crippen LogP contribution in [-0.2, 0) is 0 Å². The van der Waals surface area contributed by atoms with Crippen LogP contribution in [0.3, 0.4) is 0 Å². The molecule has 13 heavy (non-hydrogen) atoms. The molecule has 4 heteroatoms. The molecule has 72 valence electrons. The summed E-state index contributed by atoms with van der Waals surface area (Å²) in [5.74, 6) is 0.702. The fourth-order valence-corrected chi connectivity index (χ4v) is 1.51. The van der Waals surface area contributed by atoms with Gasteiger partial charge in [0.25, 0.3) is 0 Å². The lowest BCUT2D eigenvalue weighted by atomic mass is 10.0. The summed E-state index contributed by atoms with van der Waals surface area (Å²) >= 11 is 0. The van der Waals surface area contributed by atoms with E-state index in [2.05, 4.69) is 10.2 Å². The minimum absolute atomic E-state index is 0.292. The van der Waals surface area contributed by atoms with Gasteiger partial charge in [-0.15, -0.1) is 0 Å². The van der Waals surface area contributed by atoms with Crippen molar-refractivity contribution in [1.82, 2.24) is 10.2 Å². The van der Waals surface area contributed by atoms with Crippen LogP contribution in [0.5, 0.6) is 0 Å².